The van der Waals surface area contributed by atoms with E-state index in [9.17, 15) is 9.59 Å². The Morgan fingerprint density at radius 3 is 2.67 bits per heavy atom. The summed E-state index contributed by atoms with van der Waals surface area (Å²) >= 11 is 0. The fraction of sp³-hybridized carbons (Fsp3) is 0.0588. The Balaban J connectivity index is 1.74. The van der Waals surface area contributed by atoms with Gasteiger partial charge in [-0.05, 0) is 30.3 Å². The molecule has 0 fully saturated rings. The van der Waals surface area contributed by atoms with Crippen molar-refractivity contribution in [2.24, 2.45) is 0 Å². The van der Waals surface area contributed by atoms with Crippen LogP contribution in [-0.2, 0) is 0 Å². The SMILES string of the molecule is COc1ccc2c(Nc3ccc4c(c3)C(=O)NC4=O)ncnc2c1. The summed E-state index contributed by atoms with van der Waals surface area (Å²) < 4.78 is 5.20. The molecular weight excluding hydrogens is 308 g/mol. The molecule has 0 radical (unpaired) electrons. The summed E-state index contributed by atoms with van der Waals surface area (Å²) in [6.07, 6.45) is 1.45. The number of methoxy groups -OCH3 is 1. The summed E-state index contributed by atoms with van der Waals surface area (Å²) in [5.74, 6) is 0.546. The van der Waals surface area contributed by atoms with Gasteiger partial charge in [-0.1, -0.05) is 0 Å². The van der Waals surface area contributed by atoms with Crippen LogP contribution in [0.1, 0.15) is 20.7 Å². The van der Waals surface area contributed by atoms with Gasteiger partial charge >= 0.3 is 0 Å². The van der Waals surface area contributed by atoms with Gasteiger partial charge in [0.05, 0.1) is 23.8 Å². The van der Waals surface area contributed by atoms with Crippen LogP contribution in [0.25, 0.3) is 10.9 Å². The number of aromatic nitrogens is 2. The predicted octanol–water partition coefficient (Wildman–Crippen LogP) is 2.27. The van der Waals surface area contributed by atoms with Gasteiger partial charge < -0.3 is 10.1 Å². The van der Waals surface area contributed by atoms with Gasteiger partial charge in [0, 0.05) is 17.1 Å². The first-order valence-electron chi connectivity index (χ1n) is 7.21. The van der Waals surface area contributed by atoms with Gasteiger partial charge in [0.1, 0.15) is 17.9 Å². The van der Waals surface area contributed by atoms with Crippen LogP contribution in [0.5, 0.6) is 5.75 Å². The highest BCUT2D eigenvalue weighted by Crippen LogP contribution is 2.27. The van der Waals surface area contributed by atoms with E-state index in [0.717, 1.165) is 10.9 Å². The van der Waals surface area contributed by atoms with Crippen LogP contribution in [-0.4, -0.2) is 28.9 Å². The zero-order chi connectivity index (χ0) is 16.7. The number of rotatable bonds is 3. The highest BCUT2D eigenvalue weighted by Gasteiger charge is 2.26. The van der Waals surface area contributed by atoms with E-state index in [1.54, 1.807) is 25.3 Å². The molecule has 118 valence electrons. The molecule has 1 aliphatic heterocycles. The third-order valence-corrected chi connectivity index (χ3v) is 3.84. The third kappa shape index (κ3) is 2.23. The summed E-state index contributed by atoms with van der Waals surface area (Å²) in [5.41, 5.74) is 2.13. The molecule has 0 unspecified atom stereocenters. The molecular formula is C17H12N4O3. The number of fused-ring (bicyclic) bond motifs is 2. The fourth-order valence-electron chi connectivity index (χ4n) is 2.65. The van der Waals surface area contributed by atoms with Crippen molar-refractivity contribution in [3.05, 3.63) is 53.9 Å². The van der Waals surface area contributed by atoms with Crippen molar-refractivity contribution in [1.29, 1.82) is 0 Å². The first kappa shape index (κ1) is 14.1. The van der Waals surface area contributed by atoms with Gasteiger partial charge in [-0.2, -0.15) is 0 Å². The number of carbonyl (C=O) groups excluding carboxylic acids is 2. The number of benzene rings is 2. The minimum Gasteiger partial charge on any atom is -0.497 e. The van der Waals surface area contributed by atoms with Crippen molar-refractivity contribution in [1.82, 2.24) is 15.3 Å². The zero-order valence-electron chi connectivity index (χ0n) is 12.7. The normalized spacial score (nSPS) is 12.9. The molecule has 0 aliphatic carbocycles. The van der Waals surface area contributed by atoms with E-state index < -0.39 is 5.91 Å². The van der Waals surface area contributed by atoms with Crippen molar-refractivity contribution in [2.75, 3.05) is 12.4 Å². The molecule has 7 nitrogen and oxygen atoms in total. The smallest absolute Gasteiger partial charge is 0.259 e. The second-order valence-electron chi connectivity index (χ2n) is 5.27. The Hall–Kier alpha value is -3.48. The van der Waals surface area contributed by atoms with Crippen LogP contribution >= 0.6 is 0 Å². The predicted molar refractivity (Wildman–Crippen MR) is 87.6 cm³/mol. The molecule has 0 spiro atoms. The van der Waals surface area contributed by atoms with Crippen molar-refractivity contribution < 1.29 is 14.3 Å². The molecule has 0 bridgehead atoms. The minimum atomic E-state index is -0.393. The van der Waals surface area contributed by atoms with E-state index >= 15 is 0 Å². The Kier molecular flexibility index (Phi) is 3.13. The lowest BCUT2D eigenvalue weighted by molar-refractivity contribution is 0.0879. The molecule has 2 amide bonds. The highest BCUT2D eigenvalue weighted by molar-refractivity contribution is 6.21. The fourth-order valence-corrected chi connectivity index (χ4v) is 2.65. The van der Waals surface area contributed by atoms with Gasteiger partial charge in [-0.25, -0.2) is 9.97 Å². The largest absolute Gasteiger partial charge is 0.497 e. The molecule has 0 saturated carbocycles. The van der Waals surface area contributed by atoms with Gasteiger partial charge in [0.2, 0.25) is 0 Å². The molecule has 0 atom stereocenters. The third-order valence-electron chi connectivity index (χ3n) is 3.84. The Labute approximate surface area is 136 Å². The van der Waals surface area contributed by atoms with Gasteiger partial charge in [0.25, 0.3) is 11.8 Å². The second-order valence-corrected chi connectivity index (χ2v) is 5.27. The van der Waals surface area contributed by atoms with E-state index in [1.807, 2.05) is 18.2 Å². The number of ether oxygens (including phenoxy) is 1. The maximum atomic E-state index is 11.8. The van der Waals surface area contributed by atoms with Crippen molar-refractivity contribution >= 4 is 34.2 Å². The number of anilines is 2. The van der Waals surface area contributed by atoms with Crippen LogP contribution in [0.2, 0.25) is 0 Å². The first-order chi connectivity index (χ1) is 11.7. The lowest BCUT2D eigenvalue weighted by Crippen LogP contribution is -2.19. The van der Waals surface area contributed by atoms with Gasteiger partial charge in [-0.3, -0.25) is 14.9 Å². The van der Waals surface area contributed by atoms with Gasteiger partial charge in [0.15, 0.2) is 0 Å². The molecule has 2 heterocycles. The molecule has 4 rings (SSSR count). The molecule has 7 heteroatoms. The quantitative estimate of drug-likeness (QED) is 0.719. The Morgan fingerprint density at radius 1 is 1.00 bits per heavy atom. The Bertz CT molecular complexity index is 1000. The summed E-state index contributed by atoms with van der Waals surface area (Å²) in [4.78, 5) is 31.8. The minimum absolute atomic E-state index is 0.352. The maximum absolute atomic E-state index is 11.8. The number of carbonyl (C=O) groups is 2. The summed E-state index contributed by atoms with van der Waals surface area (Å²) in [7, 11) is 1.60. The number of nitrogens with zero attached hydrogens (tertiary/aromatic N) is 2. The van der Waals surface area contributed by atoms with Gasteiger partial charge in [-0.15, -0.1) is 0 Å². The average Bonchev–Trinajstić information content (AvgIpc) is 2.88. The number of imide groups is 1. The monoisotopic (exact) mass is 320 g/mol. The molecule has 1 aliphatic rings. The van der Waals surface area contributed by atoms with Crippen molar-refractivity contribution in [2.45, 2.75) is 0 Å². The summed E-state index contributed by atoms with van der Waals surface area (Å²) in [6, 6.07) is 10.5. The van der Waals surface area contributed by atoms with Crippen LogP contribution in [0, 0.1) is 0 Å². The van der Waals surface area contributed by atoms with Crippen LogP contribution in [0.15, 0.2) is 42.7 Å². The van der Waals surface area contributed by atoms with E-state index in [4.69, 9.17) is 4.74 Å². The maximum Gasteiger partial charge on any atom is 0.259 e. The van der Waals surface area contributed by atoms with Crippen LogP contribution in [0.4, 0.5) is 11.5 Å². The lowest BCUT2D eigenvalue weighted by atomic mass is 10.1. The topological polar surface area (TPSA) is 93.2 Å². The molecule has 3 aromatic rings. The Morgan fingerprint density at radius 2 is 1.83 bits per heavy atom. The molecule has 0 saturated heterocycles. The van der Waals surface area contributed by atoms with E-state index in [-0.39, 0.29) is 5.91 Å². The lowest BCUT2D eigenvalue weighted by Gasteiger charge is -2.09. The van der Waals surface area contributed by atoms with Crippen molar-refractivity contribution in [3.63, 3.8) is 0 Å². The van der Waals surface area contributed by atoms with Crippen molar-refractivity contribution in [3.8, 4) is 5.75 Å². The van der Waals surface area contributed by atoms with E-state index in [2.05, 4.69) is 20.6 Å². The second kappa shape index (κ2) is 5.31. The van der Waals surface area contributed by atoms with E-state index in [1.165, 1.54) is 6.33 Å². The van der Waals surface area contributed by atoms with E-state index in [0.29, 0.717) is 28.4 Å². The number of hydrogen-bond acceptors (Lipinski definition) is 6. The first-order valence-corrected chi connectivity index (χ1v) is 7.21. The number of amides is 2. The zero-order valence-corrected chi connectivity index (χ0v) is 12.7. The molecule has 24 heavy (non-hydrogen) atoms. The average molecular weight is 320 g/mol. The summed E-state index contributed by atoms with van der Waals surface area (Å²) in [6.45, 7) is 0. The van der Waals surface area contributed by atoms with Crippen LogP contribution < -0.4 is 15.4 Å². The van der Waals surface area contributed by atoms with Crippen LogP contribution in [0.3, 0.4) is 0 Å². The number of hydrogen-bond donors (Lipinski definition) is 2. The highest BCUT2D eigenvalue weighted by atomic mass is 16.5. The summed E-state index contributed by atoms with van der Waals surface area (Å²) in [5, 5.41) is 6.26. The standard InChI is InChI=1S/C17H12N4O3/c1-24-10-3-5-12-14(7-10)18-8-19-15(12)20-9-2-4-11-13(6-9)17(23)21-16(11)22/h2-8H,1H3,(H,18,19,20)(H,21,22,23). The molecule has 2 N–H and O–H groups in total. The number of nitrogens with one attached hydrogen (secondary N) is 2. The molecule has 2 aromatic carbocycles. The molecule has 1 aromatic heterocycles.